The van der Waals surface area contributed by atoms with E-state index in [9.17, 15) is 13.2 Å². The Balaban J connectivity index is 2.40. The number of rotatable bonds is 6. The van der Waals surface area contributed by atoms with Crippen molar-refractivity contribution in [1.82, 2.24) is 0 Å². The Morgan fingerprint density at radius 2 is 1.74 bits per heavy atom. The van der Waals surface area contributed by atoms with Gasteiger partial charge >= 0.3 is 0 Å². The molecule has 0 spiro atoms. The number of carbonyl (C=O) groups is 1. The number of nitrogens with one attached hydrogen (secondary N) is 1. The van der Waals surface area contributed by atoms with Crippen LogP contribution in [0.2, 0.25) is 0 Å². The zero-order valence-corrected chi connectivity index (χ0v) is 17.6. The van der Waals surface area contributed by atoms with Crippen LogP contribution in [0.5, 0.6) is 0 Å². The van der Waals surface area contributed by atoms with Gasteiger partial charge in [-0.05, 0) is 68.5 Å². The highest BCUT2D eigenvalue weighted by molar-refractivity contribution is 7.92. The van der Waals surface area contributed by atoms with Crippen LogP contribution in [0.25, 0.3) is 0 Å². The van der Waals surface area contributed by atoms with Gasteiger partial charge in [0.1, 0.15) is 6.04 Å². The predicted octanol–water partition coefficient (Wildman–Crippen LogP) is 3.97. The molecular weight excluding hydrogens is 360 g/mol. The van der Waals surface area contributed by atoms with Crippen molar-refractivity contribution < 1.29 is 13.2 Å². The Kier molecular flexibility index (Phi) is 6.31. The van der Waals surface area contributed by atoms with E-state index in [1.165, 1.54) is 4.31 Å². The first-order valence-electron chi connectivity index (χ1n) is 9.02. The molecule has 6 heteroatoms. The van der Waals surface area contributed by atoms with Crippen molar-refractivity contribution in [2.75, 3.05) is 15.9 Å². The first-order valence-corrected chi connectivity index (χ1v) is 10.9. The fraction of sp³-hybridized carbons (Fsp3) is 0.381. The third-order valence-corrected chi connectivity index (χ3v) is 6.06. The molecule has 1 unspecified atom stereocenters. The van der Waals surface area contributed by atoms with E-state index in [2.05, 4.69) is 5.32 Å². The summed E-state index contributed by atoms with van der Waals surface area (Å²) in [6, 6.07) is 10.4. The zero-order valence-electron chi connectivity index (χ0n) is 16.8. The van der Waals surface area contributed by atoms with Crippen LogP contribution in [0.3, 0.4) is 0 Å². The third kappa shape index (κ3) is 4.69. The quantitative estimate of drug-likeness (QED) is 0.814. The molecular formula is C21H28N2O3S. The van der Waals surface area contributed by atoms with Crippen molar-refractivity contribution >= 4 is 27.3 Å². The monoisotopic (exact) mass is 388 g/mol. The van der Waals surface area contributed by atoms with Gasteiger partial charge in [0, 0.05) is 5.69 Å². The fourth-order valence-corrected chi connectivity index (χ4v) is 4.27. The lowest BCUT2D eigenvalue weighted by atomic mass is 10.1. The van der Waals surface area contributed by atoms with E-state index >= 15 is 0 Å². The Morgan fingerprint density at radius 3 is 2.30 bits per heavy atom. The maximum Gasteiger partial charge on any atom is 0.248 e. The summed E-state index contributed by atoms with van der Waals surface area (Å²) in [6.07, 6.45) is 1.90. The lowest BCUT2D eigenvalue weighted by Crippen LogP contribution is -2.45. The lowest BCUT2D eigenvalue weighted by Gasteiger charge is -2.29. The number of para-hydroxylation sites is 1. The molecule has 1 N–H and O–H groups in total. The summed E-state index contributed by atoms with van der Waals surface area (Å²) < 4.78 is 26.1. The van der Waals surface area contributed by atoms with Crippen molar-refractivity contribution in [3.05, 3.63) is 58.7 Å². The number of hydrogen-bond acceptors (Lipinski definition) is 3. The van der Waals surface area contributed by atoms with Gasteiger partial charge in [-0.3, -0.25) is 9.10 Å². The normalized spacial score (nSPS) is 12.5. The van der Waals surface area contributed by atoms with Crippen molar-refractivity contribution in [1.29, 1.82) is 0 Å². The number of anilines is 2. The van der Waals surface area contributed by atoms with E-state index in [1.54, 1.807) is 19.1 Å². The topological polar surface area (TPSA) is 66.5 Å². The molecule has 146 valence electrons. The van der Waals surface area contributed by atoms with Crippen LogP contribution < -0.4 is 9.62 Å². The van der Waals surface area contributed by atoms with E-state index < -0.39 is 16.1 Å². The van der Waals surface area contributed by atoms with Gasteiger partial charge in [0.2, 0.25) is 15.9 Å². The molecule has 0 radical (unpaired) electrons. The predicted molar refractivity (Wildman–Crippen MR) is 112 cm³/mol. The number of sulfonamides is 1. The lowest BCUT2D eigenvalue weighted by molar-refractivity contribution is -0.116. The molecule has 0 saturated heterocycles. The highest BCUT2D eigenvalue weighted by Crippen LogP contribution is 2.26. The Labute approximate surface area is 162 Å². The summed E-state index contributed by atoms with van der Waals surface area (Å²) in [6.45, 7) is 9.44. The minimum absolute atomic E-state index is 0.359. The number of nitrogens with zero attached hydrogens (tertiary/aromatic N) is 1. The van der Waals surface area contributed by atoms with E-state index in [4.69, 9.17) is 0 Å². The van der Waals surface area contributed by atoms with Gasteiger partial charge in [-0.15, -0.1) is 0 Å². The van der Waals surface area contributed by atoms with Gasteiger partial charge in [-0.2, -0.15) is 0 Å². The van der Waals surface area contributed by atoms with Crippen LogP contribution in [0, 0.1) is 20.8 Å². The molecule has 2 aromatic rings. The molecule has 1 atom stereocenters. The maximum absolute atomic E-state index is 12.9. The summed E-state index contributed by atoms with van der Waals surface area (Å²) >= 11 is 0. The minimum Gasteiger partial charge on any atom is -0.324 e. The smallest absolute Gasteiger partial charge is 0.248 e. The number of hydrogen-bond donors (Lipinski definition) is 1. The third-order valence-electron chi connectivity index (χ3n) is 4.82. The molecule has 0 saturated carbocycles. The highest BCUT2D eigenvalue weighted by Gasteiger charge is 2.29. The molecule has 0 aliphatic carbocycles. The molecule has 0 aromatic heterocycles. The molecule has 2 rings (SSSR count). The first-order chi connectivity index (χ1) is 12.6. The van der Waals surface area contributed by atoms with Gasteiger partial charge in [0.25, 0.3) is 0 Å². The van der Waals surface area contributed by atoms with Crippen LogP contribution in [0.1, 0.15) is 36.1 Å². The molecule has 0 fully saturated rings. The second kappa shape index (κ2) is 8.13. The second-order valence-electron chi connectivity index (χ2n) is 6.96. The van der Waals surface area contributed by atoms with Crippen LogP contribution >= 0.6 is 0 Å². The van der Waals surface area contributed by atoms with Crippen LogP contribution in [0.4, 0.5) is 11.4 Å². The Morgan fingerprint density at radius 1 is 1.07 bits per heavy atom. The standard InChI is InChI=1S/C21H28N2O3S/c1-7-18-10-8-9-15(3)20(18)22-21(24)17(5)23(27(6,25)26)19-12-11-14(2)16(4)13-19/h8-13,17H,7H2,1-6H3,(H,22,24). The van der Waals surface area contributed by atoms with Gasteiger partial charge in [0.05, 0.1) is 11.9 Å². The summed E-state index contributed by atoms with van der Waals surface area (Å²) in [5, 5.41) is 2.93. The first kappa shape index (κ1) is 21.0. The van der Waals surface area contributed by atoms with Crippen LogP contribution in [-0.4, -0.2) is 26.6 Å². The summed E-state index contributed by atoms with van der Waals surface area (Å²) in [7, 11) is -3.64. The Bertz CT molecular complexity index is 952. The molecule has 0 bridgehead atoms. The average Bonchev–Trinajstić information content (AvgIpc) is 2.58. The minimum atomic E-state index is -3.64. The number of benzene rings is 2. The van der Waals surface area contributed by atoms with Crippen LogP contribution in [0.15, 0.2) is 36.4 Å². The molecule has 0 heterocycles. The van der Waals surface area contributed by atoms with Crippen molar-refractivity contribution in [3.8, 4) is 0 Å². The average molecular weight is 389 g/mol. The molecule has 1 amide bonds. The molecule has 2 aromatic carbocycles. The summed E-state index contributed by atoms with van der Waals surface area (Å²) in [4.78, 5) is 12.9. The largest absolute Gasteiger partial charge is 0.324 e. The van der Waals surface area contributed by atoms with E-state index in [0.717, 1.165) is 40.6 Å². The second-order valence-corrected chi connectivity index (χ2v) is 8.81. The van der Waals surface area contributed by atoms with Crippen LogP contribution in [-0.2, 0) is 21.2 Å². The van der Waals surface area contributed by atoms with E-state index in [1.807, 2.05) is 52.0 Å². The fourth-order valence-electron chi connectivity index (χ4n) is 3.10. The van der Waals surface area contributed by atoms with Gasteiger partial charge in [-0.1, -0.05) is 31.2 Å². The Hall–Kier alpha value is -2.34. The summed E-state index contributed by atoms with van der Waals surface area (Å²) in [5.41, 5.74) is 5.26. The molecule has 27 heavy (non-hydrogen) atoms. The van der Waals surface area contributed by atoms with Gasteiger partial charge < -0.3 is 5.32 Å². The molecule has 5 nitrogen and oxygen atoms in total. The van der Waals surface area contributed by atoms with Crippen molar-refractivity contribution in [2.45, 2.75) is 47.1 Å². The number of aryl methyl sites for hydroxylation is 4. The van der Waals surface area contributed by atoms with Crippen molar-refractivity contribution in [3.63, 3.8) is 0 Å². The SMILES string of the molecule is CCc1cccc(C)c1NC(=O)C(C)N(c1ccc(C)c(C)c1)S(C)(=O)=O. The zero-order chi connectivity index (χ0) is 20.4. The van der Waals surface area contributed by atoms with E-state index in [0.29, 0.717) is 5.69 Å². The van der Waals surface area contributed by atoms with Gasteiger partial charge in [0.15, 0.2) is 0 Å². The maximum atomic E-state index is 12.9. The highest BCUT2D eigenvalue weighted by atomic mass is 32.2. The molecule has 0 aliphatic heterocycles. The van der Waals surface area contributed by atoms with Gasteiger partial charge in [-0.25, -0.2) is 8.42 Å². The van der Waals surface area contributed by atoms with E-state index in [-0.39, 0.29) is 5.91 Å². The van der Waals surface area contributed by atoms with Crippen molar-refractivity contribution in [2.24, 2.45) is 0 Å². The number of amides is 1. The number of carbonyl (C=O) groups excluding carboxylic acids is 1. The molecule has 0 aliphatic rings. The summed E-state index contributed by atoms with van der Waals surface area (Å²) in [5.74, 6) is -0.359.